The number of benzene rings is 3. The number of amides is 3. The second kappa shape index (κ2) is 14.8. The van der Waals surface area contributed by atoms with Gasteiger partial charge in [0.15, 0.2) is 0 Å². The van der Waals surface area contributed by atoms with E-state index >= 15 is 0 Å². The normalized spacial score (nSPS) is 11.9. The number of hydrogen-bond acceptors (Lipinski definition) is 8. The molecule has 12 nitrogen and oxygen atoms in total. The van der Waals surface area contributed by atoms with Gasteiger partial charge in [-0.3, -0.25) is 25.2 Å². The maximum Gasteiger partial charge on any atom is 0.349 e. The van der Waals surface area contributed by atoms with Crippen LogP contribution in [0, 0.1) is 5.92 Å². The highest BCUT2D eigenvalue weighted by Gasteiger charge is 2.41. The number of carbonyl (C=O) groups excluding carboxylic acids is 5. The number of anilines is 1. The fraction of sp³-hybridized carbons (Fsp3) is 0.172. The van der Waals surface area contributed by atoms with Crippen LogP contribution in [0.25, 0.3) is 0 Å². The Morgan fingerprint density at radius 3 is 1.63 bits per heavy atom. The average molecular weight is 630 g/mol. The Kier molecular flexibility index (Phi) is 11.2. The highest BCUT2D eigenvalue weighted by molar-refractivity contribution is 6.34. The third-order valence-corrected chi connectivity index (χ3v) is 6.33. The van der Waals surface area contributed by atoms with E-state index in [0.29, 0.717) is 5.69 Å². The summed E-state index contributed by atoms with van der Waals surface area (Å²) in [6.07, 6.45) is -4.68. The molecule has 0 aromatic heterocycles. The minimum atomic E-state index is -2.38. The molecule has 2 atom stereocenters. The first-order valence-corrected chi connectivity index (χ1v) is 13.3. The molecule has 4 N–H and O–H groups in total. The van der Waals surface area contributed by atoms with E-state index in [1.165, 1.54) is 72.8 Å². The topological polar surface area (TPSA) is 177 Å². The zero-order valence-corrected chi connectivity index (χ0v) is 24.1. The van der Waals surface area contributed by atoms with Crippen LogP contribution < -0.4 is 16.2 Å². The van der Waals surface area contributed by atoms with Crippen molar-refractivity contribution in [1.29, 1.82) is 0 Å². The zero-order valence-electron chi connectivity index (χ0n) is 22.6. The molecule has 0 saturated heterocycles. The van der Waals surface area contributed by atoms with Gasteiger partial charge in [0, 0.05) is 17.2 Å². The lowest BCUT2D eigenvalue weighted by Gasteiger charge is -2.24. The van der Waals surface area contributed by atoms with Crippen molar-refractivity contribution in [3.8, 4) is 0 Å². The van der Waals surface area contributed by atoms with E-state index in [9.17, 15) is 33.9 Å². The van der Waals surface area contributed by atoms with E-state index in [1.807, 2.05) is 5.43 Å². The highest BCUT2D eigenvalue weighted by atomic mass is 35.5. The third-order valence-electron chi connectivity index (χ3n) is 5.67. The summed E-state index contributed by atoms with van der Waals surface area (Å²) in [5, 5.41) is 12.4. The van der Waals surface area contributed by atoms with Crippen LogP contribution in [0.1, 0.15) is 44.9 Å². The molecule has 0 bridgehead atoms. The summed E-state index contributed by atoms with van der Waals surface area (Å²) in [4.78, 5) is 75.4. The molecule has 0 spiro atoms. The number of rotatable bonds is 10. The van der Waals surface area contributed by atoms with E-state index in [2.05, 4.69) is 10.7 Å². The van der Waals surface area contributed by atoms with Crippen molar-refractivity contribution in [3.63, 3.8) is 0 Å². The molecule has 3 aromatic carbocycles. The van der Waals surface area contributed by atoms with Crippen molar-refractivity contribution in [2.75, 3.05) is 5.32 Å². The van der Waals surface area contributed by atoms with Crippen molar-refractivity contribution < 1.29 is 43.3 Å². The largest absolute Gasteiger partial charge is 0.478 e. The van der Waals surface area contributed by atoms with E-state index in [-0.39, 0.29) is 38.6 Å². The molecule has 0 aliphatic carbocycles. The molecule has 0 saturated carbocycles. The van der Waals surface area contributed by atoms with Crippen molar-refractivity contribution >= 4 is 64.5 Å². The summed E-state index contributed by atoms with van der Waals surface area (Å²) in [5.41, 5.74) is 4.10. The smallest absolute Gasteiger partial charge is 0.349 e. The number of esters is 2. The number of halogens is 2. The highest BCUT2D eigenvalue weighted by Crippen LogP contribution is 2.21. The summed E-state index contributed by atoms with van der Waals surface area (Å²) < 4.78 is 10.2. The predicted molar refractivity (Wildman–Crippen MR) is 154 cm³/mol. The maximum atomic E-state index is 13.1. The summed E-state index contributed by atoms with van der Waals surface area (Å²) in [6.45, 7) is 3.43. The summed E-state index contributed by atoms with van der Waals surface area (Å²) in [6, 6.07) is 16.8. The van der Waals surface area contributed by atoms with Crippen LogP contribution in [0.5, 0.6) is 0 Å². The van der Waals surface area contributed by atoms with Gasteiger partial charge in [-0.25, -0.2) is 14.4 Å². The van der Waals surface area contributed by atoms with Crippen LogP contribution in [0.3, 0.4) is 0 Å². The Bertz CT molecular complexity index is 1540. The fourth-order valence-electron chi connectivity index (χ4n) is 3.36. The molecule has 0 aliphatic heterocycles. The monoisotopic (exact) mass is 629 g/mol. The van der Waals surface area contributed by atoms with Crippen LogP contribution in [-0.4, -0.2) is 52.9 Å². The number of hydrogen-bond donors (Lipinski definition) is 4. The molecule has 0 fully saturated rings. The van der Waals surface area contributed by atoms with Crippen LogP contribution in [-0.2, 0) is 23.9 Å². The van der Waals surface area contributed by atoms with Gasteiger partial charge in [-0.15, -0.1) is 0 Å². The molecule has 43 heavy (non-hydrogen) atoms. The van der Waals surface area contributed by atoms with Gasteiger partial charge in [0.25, 0.3) is 11.8 Å². The van der Waals surface area contributed by atoms with Gasteiger partial charge in [-0.1, -0.05) is 61.3 Å². The number of carbonyl (C=O) groups is 6. The third kappa shape index (κ3) is 8.77. The van der Waals surface area contributed by atoms with E-state index < -0.39 is 41.9 Å². The fourth-order valence-corrected chi connectivity index (χ4v) is 3.78. The molecule has 3 amide bonds. The summed E-state index contributed by atoms with van der Waals surface area (Å²) >= 11 is 12.0. The first-order chi connectivity index (χ1) is 20.4. The van der Waals surface area contributed by atoms with Crippen molar-refractivity contribution in [2.24, 2.45) is 5.92 Å². The second-order valence-corrected chi connectivity index (χ2v) is 9.93. The zero-order chi connectivity index (χ0) is 31.7. The quantitative estimate of drug-likeness (QED) is 0.191. The SMILES string of the molecule is CC(C)C(=O)Nc1ccc(C(=O)NNC(=O)[C@H](OC(=O)c2ccccc2Cl)[C@H](OC(=O)c2ccccc2Cl)C(=O)O)cc1. The summed E-state index contributed by atoms with van der Waals surface area (Å²) in [5.74, 6) is -6.98. The first kappa shape index (κ1) is 32.6. The number of hydrazine groups is 1. The van der Waals surface area contributed by atoms with Crippen molar-refractivity contribution in [1.82, 2.24) is 10.9 Å². The summed E-state index contributed by atoms with van der Waals surface area (Å²) in [7, 11) is 0. The first-order valence-electron chi connectivity index (χ1n) is 12.5. The Balaban J connectivity index is 1.81. The number of aliphatic carboxylic acids is 1. The van der Waals surface area contributed by atoms with Gasteiger partial charge in [-0.2, -0.15) is 0 Å². The average Bonchev–Trinajstić information content (AvgIpc) is 2.97. The molecule has 0 unspecified atom stereocenters. The van der Waals surface area contributed by atoms with Crippen molar-refractivity contribution in [3.05, 3.63) is 99.5 Å². The molecule has 0 heterocycles. The number of carboxylic acid groups (broad SMARTS) is 1. The second-order valence-electron chi connectivity index (χ2n) is 9.11. The molecule has 0 radical (unpaired) electrons. The Hall–Kier alpha value is -4.94. The molecule has 14 heteroatoms. The van der Waals surface area contributed by atoms with Gasteiger partial charge in [0.1, 0.15) is 0 Å². The minimum Gasteiger partial charge on any atom is -0.478 e. The molecule has 3 rings (SSSR count). The molecular formula is C29H25Cl2N3O9. The van der Waals surface area contributed by atoms with Gasteiger partial charge in [0.05, 0.1) is 21.2 Å². The Labute approximate surface area is 255 Å². The van der Waals surface area contributed by atoms with E-state index in [4.69, 9.17) is 32.7 Å². The molecule has 224 valence electrons. The predicted octanol–water partition coefficient (Wildman–Crippen LogP) is 3.88. The van der Waals surface area contributed by atoms with Gasteiger partial charge in [-0.05, 0) is 48.5 Å². The van der Waals surface area contributed by atoms with Gasteiger partial charge < -0.3 is 19.9 Å². The standard InChI is InChI=1S/C29H25Cl2N3O9/c1-15(2)24(35)32-17-13-11-16(12-14-17)25(36)33-34-26(37)22(42-28(40)18-7-3-5-9-20(18)30)23(27(38)39)43-29(41)19-8-4-6-10-21(19)31/h3-15,22-23H,1-2H3,(H,32,35)(H,33,36)(H,34,37)(H,38,39)/t22-,23+/m1/s1. The number of ether oxygens (including phenoxy) is 2. The van der Waals surface area contributed by atoms with E-state index in [0.717, 1.165) is 0 Å². The van der Waals surface area contributed by atoms with E-state index in [1.54, 1.807) is 13.8 Å². The number of carboxylic acids is 1. The van der Waals surface area contributed by atoms with Crippen LogP contribution in [0.4, 0.5) is 5.69 Å². The molecule has 0 aliphatic rings. The Morgan fingerprint density at radius 2 is 1.16 bits per heavy atom. The van der Waals surface area contributed by atoms with Crippen LogP contribution >= 0.6 is 23.2 Å². The molecular weight excluding hydrogens is 605 g/mol. The minimum absolute atomic E-state index is 0.0485. The maximum absolute atomic E-state index is 13.1. The lowest BCUT2D eigenvalue weighted by molar-refractivity contribution is -0.159. The molecule has 3 aromatic rings. The lowest BCUT2D eigenvalue weighted by atomic mass is 10.1. The Morgan fingerprint density at radius 1 is 0.674 bits per heavy atom. The van der Waals surface area contributed by atoms with Gasteiger partial charge >= 0.3 is 17.9 Å². The van der Waals surface area contributed by atoms with Gasteiger partial charge in [0.2, 0.25) is 18.1 Å². The van der Waals surface area contributed by atoms with Crippen LogP contribution in [0.15, 0.2) is 72.8 Å². The number of nitrogens with one attached hydrogen (secondary N) is 3. The van der Waals surface area contributed by atoms with Crippen molar-refractivity contribution in [2.45, 2.75) is 26.1 Å². The lowest BCUT2D eigenvalue weighted by Crippen LogP contribution is -2.54. The van der Waals surface area contributed by atoms with Crippen LogP contribution in [0.2, 0.25) is 10.0 Å².